The molecule has 5 heteroatoms. The topological polar surface area (TPSA) is 30.3 Å². The maximum Gasteiger partial charge on any atom is 0.131 e. The predicted octanol–water partition coefficient (Wildman–Crippen LogP) is 2.87. The predicted molar refractivity (Wildman–Crippen MR) is 80.5 cm³/mol. The van der Waals surface area contributed by atoms with Gasteiger partial charge < -0.3 is 9.64 Å². The molecule has 1 aromatic heterocycles. The smallest absolute Gasteiger partial charge is 0.131 e. The number of aryl methyl sites for hydroxylation is 2. The van der Waals surface area contributed by atoms with E-state index in [1.165, 1.54) is 5.56 Å². The van der Waals surface area contributed by atoms with E-state index < -0.39 is 0 Å². The molecule has 0 saturated carbocycles. The van der Waals surface area contributed by atoms with Crippen LogP contribution < -0.4 is 9.64 Å². The molecule has 0 radical (unpaired) electrons. The number of fused-ring (bicyclic) bond motifs is 1. The van der Waals surface area contributed by atoms with Crippen molar-refractivity contribution in [3.8, 4) is 5.75 Å². The highest BCUT2D eigenvalue weighted by atomic mass is 35.5. The summed E-state index contributed by atoms with van der Waals surface area (Å²) < 4.78 is 7.73. The lowest BCUT2D eigenvalue weighted by Gasteiger charge is -2.23. The van der Waals surface area contributed by atoms with Crippen LogP contribution >= 0.6 is 11.6 Å². The summed E-state index contributed by atoms with van der Waals surface area (Å²) >= 11 is 6.10. The molecule has 0 saturated heterocycles. The van der Waals surface area contributed by atoms with Crippen molar-refractivity contribution in [2.24, 2.45) is 7.05 Å². The highest BCUT2D eigenvalue weighted by Gasteiger charge is 2.22. The van der Waals surface area contributed by atoms with Crippen LogP contribution in [0.25, 0.3) is 0 Å². The molecular weight excluding hydrogens is 274 g/mol. The first-order valence-corrected chi connectivity index (χ1v) is 7.28. The van der Waals surface area contributed by atoms with E-state index in [1.807, 2.05) is 36.9 Å². The van der Waals surface area contributed by atoms with Gasteiger partial charge in [0.2, 0.25) is 0 Å². The van der Waals surface area contributed by atoms with Gasteiger partial charge in [0.25, 0.3) is 0 Å². The molecule has 0 aliphatic carbocycles. The average Bonchev–Trinajstić information content (AvgIpc) is 2.62. The summed E-state index contributed by atoms with van der Waals surface area (Å²) in [5.41, 5.74) is 3.30. The van der Waals surface area contributed by atoms with Crippen molar-refractivity contribution >= 4 is 17.4 Å². The maximum atomic E-state index is 6.10. The van der Waals surface area contributed by atoms with Crippen LogP contribution in [-0.4, -0.2) is 22.9 Å². The van der Waals surface area contributed by atoms with E-state index in [-0.39, 0.29) is 0 Å². The number of para-hydroxylation sites is 1. The van der Waals surface area contributed by atoms with Crippen molar-refractivity contribution < 1.29 is 4.74 Å². The summed E-state index contributed by atoms with van der Waals surface area (Å²) in [6.45, 7) is 4.32. The number of halogens is 1. The van der Waals surface area contributed by atoms with Crippen LogP contribution in [0, 0.1) is 6.92 Å². The van der Waals surface area contributed by atoms with Gasteiger partial charge in [-0.05, 0) is 13.0 Å². The minimum atomic E-state index is 0.480. The SMILES string of the molecule is Cc1nn(C)c(N2CCOc3ccccc3C2)c1CCl. The van der Waals surface area contributed by atoms with Gasteiger partial charge in [0.15, 0.2) is 0 Å². The highest BCUT2D eigenvalue weighted by Crippen LogP contribution is 2.30. The molecule has 2 heterocycles. The van der Waals surface area contributed by atoms with Crippen LogP contribution in [0.5, 0.6) is 5.75 Å². The van der Waals surface area contributed by atoms with Gasteiger partial charge in [-0.2, -0.15) is 5.10 Å². The lowest BCUT2D eigenvalue weighted by atomic mass is 10.2. The number of nitrogens with zero attached hydrogens (tertiary/aromatic N) is 3. The largest absolute Gasteiger partial charge is 0.491 e. The Balaban J connectivity index is 1.99. The summed E-state index contributed by atoms with van der Waals surface area (Å²) in [4.78, 5) is 2.30. The van der Waals surface area contributed by atoms with Crippen molar-refractivity contribution in [1.29, 1.82) is 0 Å². The first-order valence-electron chi connectivity index (χ1n) is 6.75. The number of ether oxygens (including phenoxy) is 1. The molecular formula is C15H18ClN3O. The zero-order chi connectivity index (χ0) is 14.1. The molecule has 0 fully saturated rings. The second-order valence-electron chi connectivity index (χ2n) is 5.02. The summed E-state index contributed by atoms with van der Waals surface area (Å²) in [7, 11) is 1.97. The Morgan fingerprint density at radius 1 is 1.35 bits per heavy atom. The third-order valence-electron chi connectivity index (χ3n) is 3.70. The Bertz CT molecular complexity index is 624. The van der Waals surface area contributed by atoms with E-state index in [4.69, 9.17) is 16.3 Å². The van der Waals surface area contributed by atoms with E-state index >= 15 is 0 Å². The highest BCUT2D eigenvalue weighted by molar-refractivity contribution is 6.17. The van der Waals surface area contributed by atoms with Gasteiger partial charge in [-0.25, -0.2) is 0 Å². The third-order valence-corrected chi connectivity index (χ3v) is 3.97. The number of alkyl halides is 1. The van der Waals surface area contributed by atoms with Gasteiger partial charge in [0, 0.05) is 24.7 Å². The average molecular weight is 292 g/mol. The van der Waals surface area contributed by atoms with Crippen molar-refractivity contribution in [1.82, 2.24) is 9.78 Å². The van der Waals surface area contributed by atoms with Crippen LogP contribution in [0.3, 0.4) is 0 Å². The molecule has 0 amide bonds. The second kappa shape index (κ2) is 5.37. The number of hydrogen-bond acceptors (Lipinski definition) is 3. The lowest BCUT2D eigenvalue weighted by molar-refractivity contribution is 0.331. The monoisotopic (exact) mass is 291 g/mol. The number of hydrogen-bond donors (Lipinski definition) is 0. The lowest BCUT2D eigenvalue weighted by Crippen LogP contribution is -2.28. The van der Waals surface area contributed by atoms with Crippen LogP contribution in [0.15, 0.2) is 24.3 Å². The first kappa shape index (κ1) is 13.3. The molecule has 0 bridgehead atoms. The summed E-state index contributed by atoms with van der Waals surface area (Å²) in [5, 5.41) is 4.49. The molecule has 106 valence electrons. The minimum absolute atomic E-state index is 0.480. The van der Waals surface area contributed by atoms with E-state index in [0.29, 0.717) is 12.5 Å². The van der Waals surface area contributed by atoms with Gasteiger partial charge in [0.1, 0.15) is 18.2 Å². The van der Waals surface area contributed by atoms with Crippen molar-refractivity contribution in [3.63, 3.8) is 0 Å². The van der Waals surface area contributed by atoms with E-state index in [1.54, 1.807) is 0 Å². The Morgan fingerprint density at radius 3 is 2.95 bits per heavy atom. The molecule has 2 aromatic rings. The Labute approximate surface area is 123 Å². The third kappa shape index (κ3) is 2.24. The molecule has 0 N–H and O–H groups in total. The van der Waals surface area contributed by atoms with E-state index in [2.05, 4.69) is 16.1 Å². The number of rotatable bonds is 2. The molecule has 20 heavy (non-hydrogen) atoms. The second-order valence-corrected chi connectivity index (χ2v) is 5.29. The van der Waals surface area contributed by atoms with Gasteiger partial charge in [-0.1, -0.05) is 18.2 Å². The zero-order valence-electron chi connectivity index (χ0n) is 11.8. The van der Waals surface area contributed by atoms with Gasteiger partial charge >= 0.3 is 0 Å². The molecule has 0 atom stereocenters. The van der Waals surface area contributed by atoms with Crippen LogP contribution in [0.2, 0.25) is 0 Å². The summed E-state index contributed by atoms with van der Waals surface area (Å²) in [6.07, 6.45) is 0. The van der Waals surface area contributed by atoms with Crippen molar-refractivity contribution in [2.45, 2.75) is 19.3 Å². The van der Waals surface area contributed by atoms with Crippen LogP contribution in [0.1, 0.15) is 16.8 Å². The Kier molecular flexibility index (Phi) is 3.57. The van der Waals surface area contributed by atoms with Crippen LogP contribution in [0.4, 0.5) is 5.82 Å². The summed E-state index contributed by atoms with van der Waals surface area (Å²) in [5.74, 6) is 2.55. The molecule has 4 nitrogen and oxygen atoms in total. The minimum Gasteiger partial charge on any atom is -0.491 e. The molecule has 1 aliphatic rings. The molecule has 1 aromatic carbocycles. The normalized spacial score (nSPS) is 14.7. The fourth-order valence-corrected chi connectivity index (χ4v) is 3.06. The quantitative estimate of drug-likeness (QED) is 0.797. The first-order chi connectivity index (χ1) is 9.70. The summed E-state index contributed by atoms with van der Waals surface area (Å²) in [6, 6.07) is 8.18. The fraction of sp³-hybridized carbons (Fsp3) is 0.400. The molecule has 0 spiro atoms. The van der Waals surface area contributed by atoms with Crippen molar-refractivity contribution in [2.75, 3.05) is 18.1 Å². The Hall–Kier alpha value is -1.68. The molecule has 1 aliphatic heterocycles. The fourth-order valence-electron chi connectivity index (χ4n) is 2.75. The number of anilines is 1. The van der Waals surface area contributed by atoms with Crippen LogP contribution in [-0.2, 0) is 19.5 Å². The van der Waals surface area contributed by atoms with Gasteiger partial charge in [0.05, 0.1) is 18.1 Å². The van der Waals surface area contributed by atoms with E-state index in [0.717, 1.165) is 35.9 Å². The van der Waals surface area contributed by atoms with Gasteiger partial charge in [-0.3, -0.25) is 4.68 Å². The van der Waals surface area contributed by atoms with Gasteiger partial charge in [-0.15, -0.1) is 11.6 Å². The van der Waals surface area contributed by atoms with E-state index in [9.17, 15) is 0 Å². The number of aromatic nitrogens is 2. The zero-order valence-corrected chi connectivity index (χ0v) is 12.5. The standard InChI is InChI=1S/C15H18ClN3O/c1-11-13(9-16)15(18(2)17-11)19-7-8-20-14-6-4-3-5-12(14)10-19/h3-6H,7-10H2,1-2H3. The number of benzene rings is 1. The maximum absolute atomic E-state index is 6.10. The molecule has 0 unspecified atom stereocenters. The molecule has 3 rings (SSSR count). The Morgan fingerprint density at radius 2 is 2.15 bits per heavy atom. The van der Waals surface area contributed by atoms with Crippen molar-refractivity contribution in [3.05, 3.63) is 41.1 Å².